The van der Waals surface area contributed by atoms with Gasteiger partial charge in [0, 0.05) is 28.4 Å². The molecule has 1 saturated heterocycles. The smallest absolute Gasteiger partial charge is 0.343 e. The van der Waals surface area contributed by atoms with Gasteiger partial charge in [-0.25, -0.2) is 4.79 Å². The van der Waals surface area contributed by atoms with E-state index in [1.165, 1.54) is 18.2 Å². The maximum Gasteiger partial charge on any atom is 0.343 e. The van der Waals surface area contributed by atoms with Crippen molar-refractivity contribution in [2.24, 2.45) is 0 Å². The highest BCUT2D eigenvalue weighted by atomic mass is 35.5. The Hall–Kier alpha value is -3.88. The number of piperidine rings is 1. The molecule has 0 bridgehead atoms. The van der Waals surface area contributed by atoms with Crippen LogP contribution >= 0.6 is 11.6 Å². The molecule has 2 amide bonds. The summed E-state index contributed by atoms with van der Waals surface area (Å²) in [6.07, 6.45) is 4.87. The number of rotatable bonds is 13. The molecule has 0 spiro atoms. The summed E-state index contributed by atoms with van der Waals surface area (Å²) >= 11 is 5.88. The fourth-order valence-electron chi connectivity index (χ4n) is 5.20. The Labute approximate surface area is 258 Å². The Morgan fingerprint density at radius 2 is 1.58 bits per heavy atom. The van der Waals surface area contributed by atoms with Gasteiger partial charge in [0.25, 0.3) is 11.8 Å². The van der Waals surface area contributed by atoms with Crippen molar-refractivity contribution >= 4 is 35.1 Å². The summed E-state index contributed by atoms with van der Waals surface area (Å²) in [5, 5.41) is 6.39. The zero-order chi connectivity index (χ0) is 30.6. The number of nitrogens with zero attached hydrogens (tertiary/aromatic N) is 1. The van der Waals surface area contributed by atoms with Crippen LogP contribution in [0.4, 0.5) is 5.69 Å². The van der Waals surface area contributed by atoms with E-state index in [4.69, 9.17) is 21.1 Å². The fourth-order valence-corrected chi connectivity index (χ4v) is 5.32. The number of carbonyl (C=O) groups excluding carboxylic acids is 3. The van der Waals surface area contributed by atoms with Gasteiger partial charge in [0.1, 0.15) is 5.75 Å². The van der Waals surface area contributed by atoms with Crippen molar-refractivity contribution in [3.8, 4) is 5.75 Å². The largest absolute Gasteiger partial charge is 0.482 e. The number of amides is 2. The zero-order valence-corrected chi connectivity index (χ0v) is 25.6. The number of methoxy groups -OCH3 is 1. The molecule has 3 aromatic rings. The van der Waals surface area contributed by atoms with Crippen molar-refractivity contribution in [3.63, 3.8) is 0 Å². The Morgan fingerprint density at radius 3 is 2.26 bits per heavy atom. The van der Waals surface area contributed by atoms with Crippen LogP contribution < -0.4 is 15.4 Å². The van der Waals surface area contributed by atoms with Gasteiger partial charge >= 0.3 is 5.97 Å². The summed E-state index contributed by atoms with van der Waals surface area (Å²) in [5.74, 6) is 0.435. The number of anilines is 1. The van der Waals surface area contributed by atoms with Crippen LogP contribution in [0, 0.1) is 0 Å². The first kappa shape index (κ1) is 32.0. The second kappa shape index (κ2) is 16.1. The first-order chi connectivity index (χ1) is 20.9. The molecular formula is C34H40ClN3O5. The maximum atomic E-state index is 12.6. The number of nitrogens with one attached hydrogen (secondary N) is 2. The molecule has 0 radical (unpaired) electrons. The van der Waals surface area contributed by atoms with E-state index in [1.807, 2.05) is 6.07 Å². The standard InChI is InChI=1S/C34H40ClN3O5/c1-3-24-6-15-30(31(22-24)43-23-32(39)42-2)25-16-20-38(21-17-25)19-5-4-18-36-33(40)26-9-13-29(14-10-26)37-34(41)27-7-11-28(35)12-8-27/h6-15,22,25H,3-5,16-21,23H2,1-2H3,(H,36,40)(H,37,41). The molecule has 0 atom stereocenters. The van der Waals surface area contributed by atoms with Gasteiger partial charge in [-0.2, -0.15) is 0 Å². The monoisotopic (exact) mass is 605 g/mol. The Bertz CT molecular complexity index is 1370. The minimum absolute atomic E-state index is 0.0826. The van der Waals surface area contributed by atoms with E-state index in [9.17, 15) is 14.4 Å². The first-order valence-corrected chi connectivity index (χ1v) is 15.2. The summed E-state index contributed by atoms with van der Waals surface area (Å²) in [5.41, 5.74) is 4.02. The van der Waals surface area contributed by atoms with E-state index in [1.54, 1.807) is 48.5 Å². The van der Waals surface area contributed by atoms with Crippen LogP contribution in [0.3, 0.4) is 0 Å². The van der Waals surface area contributed by atoms with Crippen LogP contribution in [0.2, 0.25) is 5.02 Å². The van der Waals surface area contributed by atoms with Gasteiger partial charge in [-0.05, 0) is 123 Å². The molecule has 8 nitrogen and oxygen atoms in total. The van der Waals surface area contributed by atoms with E-state index in [0.29, 0.717) is 34.3 Å². The molecule has 0 aromatic heterocycles. The molecule has 1 fully saturated rings. The second-order valence-corrected chi connectivity index (χ2v) is 11.1. The van der Waals surface area contributed by atoms with E-state index in [2.05, 4.69) is 34.6 Å². The molecule has 0 saturated carbocycles. The fraction of sp³-hybridized carbons (Fsp3) is 0.382. The van der Waals surface area contributed by atoms with Crippen LogP contribution in [0.1, 0.15) is 70.4 Å². The number of ether oxygens (including phenoxy) is 2. The van der Waals surface area contributed by atoms with Crippen molar-refractivity contribution in [2.75, 3.05) is 45.2 Å². The SMILES string of the molecule is CCc1ccc(C2CCN(CCCCNC(=O)c3ccc(NC(=O)c4ccc(Cl)cc4)cc3)CC2)c(OCC(=O)OC)c1. The molecule has 0 aliphatic carbocycles. The Balaban J connectivity index is 1.15. The molecule has 1 aliphatic heterocycles. The predicted molar refractivity (Wildman–Crippen MR) is 169 cm³/mol. The summed E-state index contributed by atoms with van der Waals surface area (Å²) in [6.45, 7) is 5.63. The normalized spacial score (nSPS) is 13.7. The Kier molecular flexibility index (Phi) is 12.0. The van der Waals surface area contributed by atoms with Crippen molar-refractivity contribution in [1.29, 1.82) is 0 Å². The third kappa shape index (κ3) is 9.56. The van der Waals surface area contributed by atoms with Gasteiger partial charge in [0.05, 0.1) is 7.11 Å². The first-order valence-electron chi connectivity index (χ1n) is 14.9. The molecule has 228 valence electrons. The molecule has 2 N–H and O–H groups in total. The van der Waals surface area contributed by atoms with Crippen LogP contribution in [-0.4, -0.2) is 62.6 Å². The summed E-state index contributed by atoms with van der Waals surface area (Å²) in [7, 11) is 1.37. The third-order valence-corrected chi connectivity index (χ3v) is 8.04. The van der Waals surface area contributed by atoms with Gasteiger partial charge in [0.2, 0.25) is 0 Å². The van der Waals surface area contributed by atoms with E-state index in [-0.39, 0.29) is 24.4 Å². The number of hydrogen-bond donors (Lipinski definition) is 2. The van der Waals surface area contributed by atoms with E-state index in [0.717, 1.165) is 57.5 Å². The molecule has 4 rings (SSSR count). The number of unbranched alkanes of at least 4 members (excludes halogenated alkanes) is 1. The van der Waals surface area contributed by atoms with Crippen LogP contribution in [0.25, 0.3) is 0 Å². The summed E-state index contributed by atoms with van der Waals surface area (Å²) < 4.78 is 10.6. The number of hydrogen-bond acceptors (Lipinski definition) is 6. The molecule has 9 heteroatoms. The minimum atomic E-state index is -0.382. The van der Waals surface area contributed by atoms with Gasteiger partial charge < -0.3 is 25.0 Å². The van der Waals surface area contributed by atoms with Gasteiger partial charge in [-0.15, -0.1) is 0 Å². The van der Waals surface area contributed by atoms with Crippen molar-refractivity contribution < 1.29 is 23.9 Å². The highest BCUT2D eigenvalue weighted by molar-refractivity contribution is 6.30. The van der Waals surface area contributed by atoms with Gasteiger partial charge in [0.15, 0.2) is 6.61 Å². The maximum absolute atomic E-state index is 12.6. The van der Waals surface area contributed by atoms with Gasteiger partial charge in [-0.1, -0.05) is 30.7 Å². The predicted octanol–water partition coefficient (Wildman–Crippen LogP) is 6.10. The third-order valence-electron chi connectivity index (χ3n) is 7.78. The summed E-state index contributed by atoms with van der Waals surface area (Å²) in [6, 6.07) is 19.9. The second-order valence-electron chi connectivity index (χ2n) is 10.7. The van der Waals surface area contributed by atoms with E-state index >= 15 is 0 Å². The van der Waals surface area contributed by atoms with E-state index < -0.39 is 0 Å². The lowest BCUT2D eigenvalue weighted by Crippen LogP contribution is -2.34. The van der Waals surface area contributed by atoms with Crippen LogP contribution in [0.5, 0.6) is 5.75 Å². The number of halogens is 1. The highest BCUT2D eigenvalue weighted by Crippen LogP contribution is 2.35. The van der Waals surface area contributed by atoms with Crippen molar-refractivity contribution in [2.45, 2.75) is 44.9 Å². The number of esters is 1. The number of benzene rings is 3. The Morgan fingerprint density at radius 1 is 0.907 bits per heavy atom. The van der Waals surface area contributed by atoms with Gasteiger partial charge in [-0.3, -0.25) is 9.59 Å². The number of aryl methyl sites for hydroxylation is 1. The average Bonchev–Trinajstić information content (AvgIpc) is 3.04. The molecule has 0 unspecified atom stereocenters. The molecular weight excluding hydrogens is 566 g/mol. The van der Waals surface area contributed by atoms with Crippen molar-refractivity contribution in [1.82, 2.24) is 10.2 Å². The topological polar surface area (TPSA) is 97.0 Å². The molecule has 43 heavy (non-hydrogen) atoms. The lowest BCUT2D eigenvalue weighted by Gasteiger charge is -2.33. The zero-order valence-electron chi connectivity index (χ0n) is 24.9. The minimum Gasteiger partial charge on any atom is -0.482 e. The number of carbonyl (C=O) groups is 3. The van der Waals surface area contributed by atoms with Crippen LogP contribution in [0.15, 0.2) is 66.7 Å². The summed E-state index contributed by atoms with van der Waals surface area (Å²) in [4.78, 5) is 39.1. The van der Waals surface area contributed by atoms with Crippen molar-refractivity contribution in [3.05, 3.63) is 94.0 Å². The quantitative estimate of drug-likeness (QED) is 0.181. The molecule has 1 aliphatic rings. The average molecular weight is 606 g/mol. The molecule has 1 heterocycles. The lowest BCUT2D eigenvalue weighted by atomic mass is 9.88. The highest BCUT2D eigenvalue weighted by Gasteiger charge is 2.23. The number of likely N-dealkylation sites (tertiary alicyclic amines) is 1. The lowest BCUT2D eigenvalue weighted by molar-refractivity contribution is -0.142. The molecule has 3 aromatic carbocycles. The van der Waals surface area contributed by atoms with Crippen LogP contribution in [-0.2, 0) is 16.0 Å².